The molecule has 138 valence electrons. The third kappa shape index (κ3) is 4.43. The van der Waals surface area contributed by atoms with Crippen LogP contribution in [-0.2, 0) is 4.79 Å². The Morgan fingerprint density at radius 3 is 2.59 bits per heavy atom. The van der Waals surface area contributed by atoms with Crippen LogP contribution in [0.1, 0.15) is 6.92 Å². The molecule has 0 fully saturated rings. The van der Waals surface area contributed by atoms with Gasteiger partial charge in [0.1, 0.15) is 5.82 Å². The van der Waals surface area contributed by atoms with Crippen LogP contribution < -0.4 is 5.32 Å². The quantitative estimate of drug-likeness (QED) is 0.498. The Morgan fingerprint density at radius 2 is 1.93 bits per heavy atom. The lowest BCUT2D eigenvalue weighted by Gasteiger charge is -2.13. The molecule has 1 heterocycles. The van der Waals surface area contributed by atoms with Gasteiger partial charge >= 0.3 is 0 Å². The van der Waals surface area contributed by atoms with Crippen LogP contribution in [0, 0.1) is 5.82 Å². The van der Waals surface area contributed by atoms with Crippen molar-refractivity contribution in [3.8, 4) is 17.1 Å². The molecule has 0 spiro atoms. The molecule has 3 rings (SSSR count). The number of carbonyl (C=O) groups is 1. The van der Waals surface area contributed by atoms with Crippen molar-refractivity contribution in [2.24, 2.45) is 0 Å². The highest BCUT2D eigenvalue weighted by Crippen LogP contribution is 2.30. The first-order chi connectivity index (χ1) is 13.1. The first-order valence-corrected chi connectivity index (χ1v) is 9.30. The highest BCUT2D eigenvalue weighted by Gasteiger charge is 2.21. The highest BCUT2D eigenvalue weighted by atomic mass is 32.2. The molecule has 0 bridgehead atoms. The normalized spacial score (nSPS) is 11.8. The molecule has 1 N–H and O–H groups in total. The van der Waals surface area contributed by atoms with E-state index in [0.29, 0.717) is 17.5 Å². The summed E-state index contributed by atoms with van der Waals surface area (Å²) >= 11 is 1.31. The van der Waals surface area contributed by atoms with E-state index in [9.17, 15) is 9.18 Å². The van der Waals surface area contributed by atoms with Crippen molar-refractivity contribution < 1.29 is 9.18 Å². The van der Waals surface area contributed by atoms with Crippen molar-refractivity contribution >= 4 is 17.7 Å². The summed E-state index contributed by atoms with van der Waals surface area (Å²) in [5.41, 5.74) is 1.60. The van der Waals surface area contributed by atoms with Crippen LogP contribution in [0.25, 0.3) is 17.1 Å². The van der Waals surface area contributed by atoms with Gasteiger partial charge in [0.15, 0.2) is 11.0 Å². The number of hydrogen-bond acceptors (Lipinski definition) is 4. The van der Waals surface area contributed by atoms with Crippen molar-refractivity contribution in [1.29, 1.82) is 0 Å². The van der Waals surface area contributed by atoms with Gasteiger partial charge in [-0.3, -0.25) is 9.36 Å². The number of halogens is 1. The van der Waals surface area contributed by atoms with Crippen LogP contribution in [0.15, 0.2) is 72.4 Å². The Bertz CT molecular complexity index is 925. The minimum Gasteiger partial charge on any atom is -0.352 e. The van der Waals surface area contributed by atoms with E-state index in [1.54, 1.807) is 18.2 Å². The topological polar surface area (TPSA) is 59.8 Å². The number of rotatable bonds is 7. The zero-order valence-electron chi connectivity index (χ0n) is 14.8. The third-order valence-electron chi connectivity index (χ3n) is 3.82. The minimum absolute atomic E-state index is 0.106. The van der Waals surface area contributed by atoms with Crippen molar-refractivity contribution in [3.63, 3.8) is 0 Å². The number of nitrogens with zero attached hydrogens (tertiary/aromatic N) is 3. The van der Waals surface area contributed by atoms with Gasteiger partial charge in [0, 0.05) is 17.8 Å². The predicted molar refractivity (Wildman–Crippen MR) is 105 cm³/mol. The van der Waals surface area contributed by atoms with Crippen molar-refractivity contribution in [2.45, 2.75) is 17.3 Å². The van der Waals surface area contributed by atoms with E-state index < -0.39 is 0 Å². The van der Waals surface area contributed by atoms with E-state index in [1.165, 1.54) is 23.9 Å². The first kappa shape index (κ1) is 18.8. The Balaban J connectivity index is 1.98. The number of benzene rings is 2. The number of amides is 1. The zero-order valence-corrected chi connectivity index (χ0v) is 15.6. The highest BCUT2D eigenvalue weighted by molar-refractivity contribution is 8.00. The summed E-state index contributed by atoms with van der Waals surface area (Å²) in [6.07, 6.45) is 1.63. The third-order valence-corrected chi connectivity index (χ3v) is 4.86. The van der Waals surface area contributed by atoms with E-state index in [4.69, 9.17) is 0 Å². The van der Waals surface area contributed by atoms with Crippen LogP contribution in [-0.4, -0.2) is 32.5 Å². The summed E-state index contributed by atoms with van der Waals surface area (Å²) < 4.78 is 15.2. The van der Waals surface area contributed by atoms with Gasteiger partial charge in [0.05, 0.1) is 5.25 Å². The minimum atomic E-state index is -0.363. The van der Waals surface area contributed by atoms with Crippen LogP contribution in [0.5, 0.6) is 0 Å². The number of thioether (sulfide) groups is 1. The van der Waals surface area contributed by atoms with Gasteiger partial charge in [-0.1, -0.05) is 36.0 Å². The van der Waals surface area contributed by atoms with Gasteiger partial charge in [0.25, 0.3) is 0 Å². The molecule has 1 amide bonds. The van der Waals surface area contributed by atoms with Gasteiger partial charge in [-0.25, -0.2) is 4.39 Å². The molecule has 2 aromatic carbocycles. The van der Waals surface area contributed by atoms with Crippen molar-refractivity contribution in [3.05, 3.63) is 73.1 Å². The molecule has 7 heteroatoms. The van der Waals surface area contributed by atoms with Gasteiger partial charge in [-0.15, -0.1) is 16.8 Å². The Labute approximate surface area is 161 Å². The Kier molecular flexibility index (Phi) is 6.03. The van der Waals surface area contributed by atoms with E-state index in [-0.39, 0.29) is 17.0 Å². The largest absolute Gasteiger partial charge is 0.352 e. The lowest BCUT2D eigenvalue weighted by Crippen LogP contribution is -2.31. The molecule has 1 unspecified atom stereocenters. The standard InChI is InChI=1S/C20H19FN4OS/c1-3-13-22-19(26)14(2)27-20-24-23-18(15-9-11-16(21)12-10-15)25(20)17-7-5-4-6-8-17/h3-12,14H,1,13H2,2H3,(H,22,26). The van der Waals surface area contributed by atoms with Crippen LogP contribution >= 0.6 is 11.8 Å². The van der Waals surface area contributed by atoms with Crippen LogP contribution in [0.4, 0.5) is 4.39 Å². The molecular weight excluding hydrogens is 363 g/mol. The molecule has 1 aromatic heterocycles. The van der Waals surface area contributed by atoms with Gasteiger partial charge in [0.2, 0.25) is 5.91 Å². The number of hydrogen-bond donors (Lipinski definition) is 1. The Morgan fingerprint density at radius 1 is 1.22 bits per heavy atom. The zero-order chi connectivity index (χ0) is 19.2. The van der Waals surface area contributed by atoms with Gasteiger partial charge in [-0.2, -0.15) is 0 Å². The number of carbonyl (C=O) groups excluding carboxylic acids is 1. The van der Waals surface area contributed by atoms with Crippen LogP contribution in [0.3, 0.4) is 0 Å². The second-order valence-corrected chi connectivity index (χ2v) is 7.09. The fourth-order valence-electron chi connectivity index (χ4n) is 2.47. The molecule has 0 aliphatic carbocycles. The average Bonchev–Trinajstić information content (AvgIpc) is 3.10. The fraction of sp³-hybridized carbons (Fsp3) is 0.150. The predicted octanol–water partition coefficient (Wildman–Crippen LogP) is 3.86. The van der Waals surface area contributed by atoms with E-state index in [1.807, 2.05) is 41.8 Å². The molecule has 5 nitrogen and oxygen atoms in total. The maximum absolute atomic E-state index is 13.3. The van der Waals surface area contributed by atoms with Gasteiger partial charge < -0.3 is 5.32 Å². The summed E-state index contributed by atoms with van der Waals surface area (Å²) in [6.45, 7) is 5.82. The molecule has 0 aliphatic rings. The second-order valence-electron chi connectivity index (χ2n) is 5.78. The smallest absolute Gasteiger partial charge is 0.233 e. The Hall–Kier alpha value is -2.93. The number of nitrogens with one attached hydrogen (secondary N) is 1. The summed E-state index contributed by atoms with van der Waals surface area (Å²) in [5, 5.41) is 11.6. The molecule has 0 radical (unpaired) electrons. The molecular formula is C20H19FN4OS. The van der Waals surface area contributed by atoms with Gasteiger partial charge in [-0.05, 0) is 43.3 Å². The van der Waals surface area contributed by atoms with E-state index in [2.05, 4.69) is 22.1 Å². The SMILES string of the molecule is C=CCNC(=O)C(C)Sc1nnc(-c2ccc(F)cc2)n1-c1ccccc1. The van der Waals surface area contributed by atoms with E-state index >= 15 is 0 Å². The second kappa shape index (κ2) is 8.64. The average molecular weight is 382 g/mol. The summed E-state index contributed by atoms with van der Waals surface area (Å²) in [6, 6.07) is 15.7. The van der Waals surface area contributed by atoms with Crippen molar-refractivity contribution in [1.82, 2.24) is 20.1 Å². The van der Waals surface area contributed by atoms with E-state index in [0.717, 1.165) is 11.3 Å². The fourth-order valence-corrected chi connectivity index (χ4v) is 3.36. The summed E-state index contributed by atoms with van der Waals surface area (Å²) in [5.74, 6) is 0.167. The summed E-state index contributed by atoms with van der Waals surface area (Å²) in [4.78, 5) is 12.2. The molecule has 0 aliphatic heterocycles. The monoisotopic (exact) mass is 382 g/mol. The molecule has 0 saturated carbocycles. The molecule has 3 aromatic rings. The number of para-hydroxylation sites is 1. The maximum Gasteiger partial charge on any atom is 0.233 e. The van der Waals surface area contributed by atoms with Crippen LogP contribution in [0.2, 0.25) is 0 Å². The molecule has 0 saturated heterocycles. The van der Waals surface area contributed by atoms with Crippen molar-refractivity contribution in [2.75, 3.05) is 6.54 Å². The first-order valence-electron chi connectivity index (χ1n) is 8.42. The molecule has 27 heavy (non-hydrogen) atoms. The summed E-state index contributed by atoms with van der Waals surface area (Å²) in [7, 11) is 0. The lowest BCUT2D eigenvalue weighted by molar-refractivity contribution is -0.120. The lowest BCUT2D eigenvalue weighted by atomic mass is 10.2. The number of aromatic nitrogens is 3. The maximum atomic E-state index is 13.3. The molecule has 1 atom stereocenters.